The maximum atomic E-state index is 12.3. The Balaban J connectivity index is 0.000000155. The van der Waals surface area contributed by atoms with Gasteiger partial charge in [0.2, 0.25) is 5.78 Å². The van der Waals surface area contributed by atoms with Crippen molar-refractivity contribution < 1.29 is 34.1 Å². The molecule has 0 amide bonds. The Morgan fingerprint density at radius 1 is 0.868 bits per heavy atom. The number of hydrogen-bond donors (Lipinski definition) is 3. The molecule has 1 atom stereocenters. The minimum atomic E-state index is -0.528. The number of phenolic OH excluding ortho intramolecular Hbond substituents is 3. The number of hydrogen-bond acceptors (Lipinski definition) is 8. The van der Waals surface area contributed by atoms with Gasteiger partial charge < -0.3 is 24.5 Å². The third kappa shape index (κ3) is 4.18. The lowest BCUT2D eigenvalue weighted by Gasteiger charge is -2.19. The van der Waals surface area contributed by atoms with Crippen molar-refractivity contribution in [2.24, 2.45) is 5.92 Å². The predicted octanol–water partition coefficient (Wildman–Crippen LogP) is 4.95. The largest absolute Gasteiger partial charge is 0.507 e. The van der Waals surface area contributed by atoms with Crippen molar-refractivity contribution >= 4 is 22.5 Å². The molecule has 1 aliphatic heterocycles. The molecule has 0 bridgehead atoms. The fraction of sp³-hybridized carbons (Fsp3) is 0.233. The van der Waals surface area contributed by atoms with Gasteiger partial charge in [-0.3, -0.25) is 14.4 Å². The van der Waals surface area contributed by atoms with E-state index in [0.29, 0.717) is 47.2 Å². The van der Waals surface area contributed by atoms with Gasteiger partial charge in [0.05, 0.1) is 17.7 Å². The van der Waals surface area contributed by atoms with Gasteiger partial charge in [0.15, 0.2) is 11.2 Å². The van der Waals surface area contributed by atoms with E-state index in [0.717, 1.165) is 6.42 Å². The standard InChI is InChI=1S/C15H16O4.C15H10O4/c1-8-3-4-10-12(18-7-8)6-13-14(15(10)17)11(16)5-9(2)19-13;1-7-5-9-13(11(17)6-7)15(19)12-8(14(9)18)3-2-4-10(12)16/h5-6,8,17H,3-4,7H2,1-2H3;2-6,16-17H,1H3. The van der Waals surface area contributed by atoms with Crippen molar-refractivity contribution in [1.82, 2.24) is 0 Å². The fourth-order valence-electron chi connectivity index (χ4n) is 4.94. The Bertz CT molecular complexity index is 1700. The summed E-state index contributed by atoms with van der Waals surface area (Å²) < 4.78 is 11.2. The Kier molecular flexibility index (Phi) is 6.18. The molecule has 1 aliphatic carbocycles. The van der Waals surface area contributed by atoms with Crippen LogP contribution in [-0.2, 0) is 6.42 Å². The molecule has 3 aromatic carbocycles. The number of rotatable bonds is 0. The molecular weight excluding hydrogens is 488 g/mol. The van der Waals surface area contributed by atoms with E-state index in [-0.39, 0.29) is 56.1 Å². The maximum absolute atomic E-state index is 12.3. The topological polar surface area (TPSA) is 134 Å². The zero-order valence-electron chi connectivity index (χ0n) is 21.1. The smallest absolute Gasteiger partial charge is 0.201 e. The van der Waals surface area contributed by atoms with Crippen LogP contribution in [0.5, 0.6) is 23.0 Å². The van der Waals surface area contributed by atoms with E-state index >= 15 is 0 Å². The molecule has 8 nitrogen and oxygen atoms in total. The van der Waals surface area contributed by atoms with Crippen LogP contribution in [0.3, 0.4) is 0 Å². The number of aromatic hydroxyl groups is 3. The first-order chi connectivity index (χ1) is 18.1. The average Bonchev–Trinajstić information content (AvgIpc) is 3.03. The van der Waals surface area contributed by atoms with Crippen molar-refractivity contribution in [3.63, 3.8) is 0 Å². The normalized spacial score (nSPS) is 15.9. The van der Waals surface area contributed by atoms with E-state index in [4.69, 9.17) is 9.15 Å². The summed E-state index contributed by atoms with van der Waals surface area (Å²) in [6, 6.07) is 10.5. The molecule has 6 rings (SSSR count). The zero-order valence-corrected chi connectivity index (χ0v) is 21.1. The van der Waals surface area contributed by atoms with Crippen LogP contribution >= 0.6 is 0 Å². The van der Waals surface area contributed by atoms with E-state index in [1.807, 2.05) is 0 Å². The zero-order chi connectivity index (χ0) is 27.3. The summed E-state index contributed by atoms with van der Waals surface area (Å²) in [6.07, 6.45) is 1.65. The van der Waals surface area contributed by atoms with Gasteiger partial charge >= 0.3 is 0 Å². The molecular formula is C30H26O8. The van der Waals surface area contributed by atoms with E-state index < -0.39 is 5.78 Å². The molecule has 4 aromatic rings. The van der Waals surface area contributed by atoms with Crippen LogP contribution in [0.25, 0.3) is 11.0 Å². The van der Waals surface area contributed by atoms with Crippen LogP contribution in [0.4, 0.5) is 0 Å². The quantitative estimate of drug-likeness (QED) is 0.264. The first kappa shape index (κ1) is 25.1. The molecule has 8 heteroatoms. The molecule has 38 heavy (non-hydrogen) atoms. The van der Waals surface area contributed by atoms with Crippen molar-refractivity contribution in [2.45, 2.75) is 33.6 Å². The van der Waals surface area contributed by atoms with Gasteiger partial charge in [-0.1, -0.05) is 19.1 Å². The molecule has 0 fully saturated rings. The summed E-state index contributed by atoms with van der Waals surface area (Å²) in [5.41, 5.74) is 1.85. The highest BCUT2D eigenvalue weighted by Crippen LogP contribution is 2.39. The van der Waals surface area contributed by atoms with Gasteiger partial charge in [-0.25, -0.2) is 0 Å². The SMILES string of the molecule is Cc1cc(=O)c2c(O)c3c(cc2o1)OCC(C)CC3.Cc1cc(O)c2c(c1)C(=O)c1cccc(O)c1C2=O. The van der Waals surface area contributed by atoms with Crippen LogP contribution in [0, 0.1) is 19.8 Å². The Labute approximate surface area is 217 Å². The number of ether oxygens (including phenoxy) is 1. The first-order valence-corrected chi connectivity index (χ1v) is 12.2. The lowest BCUT2D eigenvalue weighted by molar-refractivity contribution is 0.0974. The van der Waals surface area contributed by atoms with Gasteiger partial charge in [-0.15, -0.1) is 0 Å². The fourth-order valence-corrected chi connectivity index (χ4v) is 4.94. The lowest BCUT2D eigenvalue weighted by Crippen LogP contribution is -2.21. The van der Waals surface area contributed by atoms with Gasteiger partial charge in [0.1, 0.15) is 39.7 Å². The summed E-state index contributed by atoms with van der Waals surface area (Å²) in [4.78, 5) is 36.7. The van der Waals surface area contributed by atoms with Crippen LogP contribution in [0.1, 0.15) is 62.1 Å². The molecule has 3 N–H and O–H groups in total. The highest BCUT2D eigenvalue weighted by atomic mass is 16.5. The van der Waals surface area contributed by atoms with Crippen molar-refractivity contribution in [1.29, 1.82) is 0 Å². The van der Waals surface area contributed by atoms with E-state index in [2.05, 4.69) is 6.92 Å². The maximum Gasteiger partial charge on any atom is 0.201 e. The molecule has 194 valence electrons. The monoisotopic (exact) mass is 514 g/mol. The Morgan fingerprint density at radius 3 is 2.37 bits per heavy atom. The van der Waals surface area contributed by atoms with Crippen LogP contribution < -0.4 is 10.2 Å². The van der Waals surface area contributed by atoms with E-state index in [1.54, 1.807) is 26.0 Å². The predicted molar refractivity (Wildman–Crippen MR) is 140 cm³/mol. The highest BCUT2D eigenvalue weighted by molar-refractivity contribution is 6.30. The third-order valence-corrected chi connectivity index (χ3v) is 6.84. The van der Waals surface area contributed by atoms with Crippen molar-refractivity contribution in [2.75, 3.05) is 6.61 Å². The van der Waals surface area contributed by atoms with Gasteiger partial charge in [0.25, 0.3) is 0 Å². The molecule has 0 saturated heterocycles. The molecule has 1 unspecified atom stereocenters. The second-order valence-electron chi connectivity index (χ2n) is 9.82. The molecule has 2 heterocycles. The lowest BCUT2D eigenvalue weighted by atomic mass is 9.82. The summed E-state index contributed by atoms with van der Waals surface area (Å²) in [7, 11) is 0. The van der Waals surface area contributed by atoms with Gasteiger partial charge in [0, 0.05) is 28.8 Å². The highest BCUT2D eigenvalue weighted by Gasteiger charge is 2.34. The first-order valence-electron chi connectivity index (χ1n) is 12.2. The molecule has 0 spiro atoms. The van der Waals surface area contributed by atoms with Crippen LogP contribution in [-0.4, -0.2) is 33.5 Å². The number of benzene rings is 3. The van der Waals surface area contributed by atoms with Gasteiger partial charge in [-0.05, 0) is 56.4 Å². The van der Waals surface area contributed by atoms with Crippen molar-refractivity contribution in [3.05, 3.63) is 91.8 Å². The second-order valence-corrected chi connectivity index (χ2v) is 9.82. The molecule has 2 aliphatic rings. The summed E-state index contributed by atoms with van der Waals surface area (Å²) >= 11 is 0. The summed E-state index contributed by atoms with van der Waals surface area (Å²) in [6.45, 7) is 6.17. The van der Waals surface area contributed by atoms with Gasteiger partial charge in [-0.2, -0.15) is 0 Å². The van der Waals surface area contributed by atoms with E-state index in [1.165, 1.54) is 30.3 Å². The molecule has 1 aromatic heterocycles. The number of ketones is 2. The average molecular weight is 515 g/mol. The van der Waals surface area contributed by atoms with Crippen molar-refractivity contribution in [3.8, 4) is 23.0 Å². The molecule has 0 radical (unpaired) electrons. The molecule has 0 saturated carbocycles. The Morgan fingerprint density at radius 2 is 1.61 bits per heavy atom. The second kappa shape index (κ2) is 9.37. The van der Waals surface area contributed by atoms with Crippen LogP contribution in [0.2, 0.25) is 0 Å². The summed E-state index contributed by atoms with van der Waals surface area (Å²) in [5.74, 6) is 0.223. The van der Waals surface area contributed by atoms with Crippen LogP contribution in [0.15, 0.2) is 51.7 Å². The number of carbonyl (C=O) groups is 2. The number of phenols is 3. The van der Waals surface area contributed by atoms with E-state index in [9.17, 15) is 29.7 Å². The number of fused-ring (bicyclic) bond motifs is 4. The Hall–Kier alpha value is -4.59. The minimum Gasteiger partial charge on any atom is -0.507 e. The number of carbonyl (C=O) groups excluding carboxylic acids is 2. The minimum absolute atomic E-state index is 0.00958. The number of aryl methyl sites for hydroxylation is 2. The summed E-state index contributed by atoms with van der Waals surface area (Å²) in [5, 5.41) is 30.2. The third-order valence-electron chi connectivity index (χ3n) is 6.84.